The highest BCUT2D eigenvalue weighted by Gasteiger charge is 2.49. The summed E-state index contributed by atoms with van der Waals surface area (Å²) in [4.78, 5) is 19.7. The fraction of sp³-hybridized carbons (Fsp3) is 0.462. The number of aromatic amines is 1. The minimum Gasteiger partial charge on any atom is -0.421 e. The maximum atomic E-state index is 14.0. The third-order valence-electron chi connectivity index (χ3n) is 7.92. The van der Waals surface area contributed by atoms with E-state index in [1.54, 1.807) is 29.4 Å². The number of H-pyrrole nitrogens is 1. The normalized spacial score (nSPS) is 21.2. The van der Waals surface area contributed by atoms with Crippen molar-refractivity contribution in [3.8, 4) is 22.6 Å². The van der Waals surface area contributed by atoms with Gasteiger partial charge >= 0.3 is 5.76 Å². The van der Waals surface area contributed by atoms with Gasteiger partial charge in [0.25, 0.3) is 0 Å². The van der Waals surface area contributed by atoms with Gasteiger partial charge in [0.15, 0.2) is 5.58 Å². The molecule has 2 fully saturated rings. The first-order valence-electron chi connectivity index (χ1n) is 13.0. The monoisotopic (exact) mass is 537 g/mol. The molecule has 3 aliphatic rings. The molecule has 0 bridgehead atoms. The zero-order valence-corrected chi connectivity index (χ0v) is 21.7. The van der Waals surface area contributed by atoms with Crippen LogP contribution in [-0.4, -0.2) is 52.6 Å². The second-order valence-corrected chi connectivity index (χ2v) is 12.1. The first-order valence-corrected chi connectivity index (χ1v) is 14.4. The molecule has 6 heterocycles. The van der Waals surface area contributed by atoms with Crippen molar-refractivity contribution in [1.82, 2.24) is 24.5 Å². The van der Waals surface area contributed by atoms with Crippen LogP contribution in [0, 0.1) is 12.8 Å². The summed E-state index contributed by atoms with van der Waals surface area (Å²) in [5.74, 6) is 0.525. The highest BCUT2D eigenvalue weighted by molar-refractivity contribution is 7.89. The van der Waals surface area contributed by atoms with Gasteiger partial charge < -0.3 is 13.6 Å². The predicted molar refractivity (Wildman–Crippen MR) is 136 cm³/mol. The van der Waals surface area contributed by atoms with Crippen LogP contribution in [0.3, 0.4) is 0 Å². The first-order chi connectivity index (χ1) is 18.4. The topological polar surface area (TPSA) is 144 Å². The van der Waals surface area contributed by atoms with Crippen molar-refractivity contribution >= 4 is 21.1 Å². The van der Waals surface area contributed by atoms with Crippen molar-refractivity contribution in [2.75, 3.05) is 19.8 Å². The Bertz CT molecular complexity index is 1720. The van der Waals surface area contributed by atoms with E-state index in [1.807, 2.05) is 0 Å². The van der Waals surface area contributed by atoms with E-state index in [9.17, 15) is 13.2 Å². The number of hydrogen-bond acceptors (Lipinski definition) is 9. The number of benzene rings is 1. The summed E-state index contributed by atoms with van der Waals surface area (Å²) in [6.45, 7) is 3.66. The lowest BCUT2D eigenvalue weighted by atomic mass is 9.90. The Hall–Kier alpha value is -3.35. The number of oxazole rings is 1. The molecular formula is C26H27N5O6S. The van der Waals surface area contributed by atoms with Crippen LogP contribution in [0.25, 0.3) is 33.7 Å². The van der Waals surface area contributed by atoms with Crippen molar-refractivity contribution in [3.05, 3.63) is 46.0 Å². The molecule has 3 aliphatic heterocycles. The Morgan fingerprint density at radius 3 is 2.74 bits per heavy atom. The average molecular weight is 538 g/mol. The van der Waals surface area contributed by atoms with Crippen molar-refractivity contribution in [1.29, 1.82) is 0 Å². The number of nitrogens with one attached hydrogen (secondary N) is 1. The highest BCUT2D eigenvalue weighted by atomic mass is 32.2. The second-order valence-electron chi connectivity index (χ2n) is 10.2. The minimum absolute atomic E-state index is 0.181. The molecule has 11 nitrogen and oxygen atoms in total. The fourth-order valence-electron chi connectivity index (χ4n) is 6.10. The van der Waals surface area contributed by atoms with Gasteiger partial charge in [-0.2, -0.15) is 4.31 Å². The maximum Gasteiger partial charge on any atom is 0.417 e. The number of aryl methyl sites for hydroxylation is 2. The van der Waals surface area contributed by atoms with Crippen LogP contribution in [0.1, 0.15) is 55.4 Å². The lowest BCUT2D eigenvalue weighted by Crippen LogP contribution is -2.23. The van der Waals surface area contributed by atoms with E-state index in [4.69, 9.17) is 18.6 Å². The summed E-state index contributed by atoms with van der Waals surface area (Å²) in [5, 5.41) is 8.35. The molecule has 0 unspecified atom stereocenters. The van der Waals surface area contributed by atoms with Crippen LogP contribution in [0.4, 0.5) is 0 Å². The lowest BCUT2D eigenvalue weighted by Gasteiger charge is -2.23. The Balaban J connectivity index is 1.50. The molecule has 4 aromatic rings. The molecular weight excluding hydrogens is 510 g/mol. The molecule has 12 heteroatoms. The SMILES string of the molecule is Cc1nnc(-c2c(CCC3CCOCC3)nc3c(c2-c2ccc4[nH]c(=O)oc4c2)S(=O)(=O)N2CCC[C@@H]32)o1. The maximum absolute atomic E-state index is 14.0. The van der Waals surface area contributed by atoms with Crippen molar-refractivity contribution in [3.63, 3.8) is 0 Å². The molecule has 0 amide bonds. The zero-order valence-electron chi connectivity index (χ0n) is 20.9. The van der Waals surface area contributed by atoms with E-state index in [2.05, 4.69) is 15.2 Å². The van der Waals surface area contributed by atoms with Gasteiger partial charge in [-0.3, -0.25) is 9.97 Å². The molecule has 198 valence electrons. The molecule has 1 atom stereocenters. The fourth-order valence-corrected chi connectivity index (χ4v) is 8.17. The number of aromatic nitrogens is 4. The van der Waals surface area contributed by atoms with Crippen molar-refractivity contribution in [2.24, 2.45) is 5.92 Å². The third-order valence-corrected chi connectivity index (χ3v) is 9.90. The summed E-state index contributed by atoms with van der Waals surface area (Å²) in [7, 11) is -3.82. The smallest absolute Gasteiger partial charge is 0.417 e. The molecule has 2 saturated heterocycles. The predicted octanol–water partition coefficient (Wildman–Crippen LogP) is 3.74. The molecule has 3 aromatic heterocycles. The standard InChI is InChI=1S/C26H27N5O6S/c1-14-29-30-25(36-14)22-18(6-4-15-8-11-35-12-9-15)27-23-19-3-2-10-31(19)38(33,34)24(23)21(22)16-5-7-17-20(13-16)37-26(32)28-17/h5,7,13,15,19H,2-4,6,8-12H2,1H3,(H,28,32)/t19-/m0/s1. The summed E-state index contributed by atoms with van der Waals surface area (Å²) >= 11 is 0. The van der Waals surface area contributed by atoms with E-state index in [1.165, 1.54) is 0 Å². The van der Waals surface area contributed by atoms with Gasteiger partial charge in [0.1, 0.15) is 4.90 Å². The summed E-state index contributed by atoms with van der Waals surface area (Å²) < 4.78 is 46.3. The number of nitrogens with zero attached hydrogens (tertiary/aromatic N) is 4. The second kappa shape index (κ2) is 8.85. The number of sulfonamides is 1. The Morgan fingerprint density at radius 1 is 1.11 bits per heavy atom. The Morgan fingerprint density at radius 2 is 1.95 bits per heavy atom. The van der Waals surface area contributed by atoms with E-state index in [-0.39, 0.29) is 16.8 Å². The van der Waals surface area contributed by atoms with Gasteiger partial charge in [0.2, 0.25) is 21.8 Å². The third kappa shape index (κ3) is 3.73. The van der Waals surface area contributed by atoms with Gasteiger partial charge in [0.05, 0.1) is 28.5 Å². The molecule has 38 heavy (non-hydrogen) atoms. The number of fused-ring (bicyclic) bond motifs is 4. The van der Waals surface area contributed by atoms with Crippen molar-refractivity contribution in [2.45, 2.75) is 56.4 Å². The van der Waals surface area contributed by atoms with E-state index in [0.717, 1.165) is 51.0 Å². The van der Waals surface area contributed by atoms with Crippen LogP contribution in [0.5, 0.6) is 0 Å². The average Bonchev–Trinajstić information content (AvgIpc) is 3.68. The van der Waals surface area contributed by atoms with Gasteiger partial charge in [-0.05, 0) is 62.1 Å². The number of pyridine rings is 1. The largest absolute Gasteiger partial charge is 0.421 e. The molecule has 7 rings (SSSR count). The number of hydrogen-bond donors (Lipinski definition) is 1. The van der Waals surface area contributed by atoms with Crippen LogP contribution in [0.15, 0.2) is 36.7 Å². The van der Waals surface area contributed by atoms with Gasteiger partial charge in [0, 0.05) is 32.2 Å². The number of rotatable bonds is 5. The van der Waals surface area contributed by atoms with Gasteiger partial charge in [-0.25, -0.2) is 13.2 Å². The Kier molecular flexibility index (Phi) is 5.53. The molecule has 0 radical (unpaired) electrons. The lowest BCUT2D eigenvalue weighted by molar-refractivity contribution is 0.0639. The van der Waals surface area contributed by atoms with E-state index < -0.39 is 15.8 Å². The highest BCUT2D eigenvalue weighted by Crippen LogP contribution is 2.51. The van der Waals surface area contributed by atoms with Crippen LogP contribution in [0.2, 0.25) is 0 Å². The van der Waals surface area contributed by atoms with Crippen LogP contribution in [-0.2, 0) is 21.2 Å². The molecule has 0 spiro atoms. The van der Waals surface area contributed by atoms with Gasteiger partial charge in [-0.15, -0.1) is 10.2 Å². The van der Waals surface area contributed by atoms with E-state index in [0.29, 0.717) is 58.3 Å². The molecule has 0 saturated carbocycles. The molecule has 1 aromatic carbocycles. The molecule has 0 aliphatic carbocycles. The Labute approximate surface area is 218 Å². The summed E-state index contributed by atoms with van der Waals surface area (Å²) in [6.07, 6.45) is 5.02. The number of ether oxygens (including phenoxy) is 1. The first kappa shape index (κ1) is 23.7. The quantitative estimate of drug-likeness (QED) is 0.402. The van der Waals surface area contributed by atoms with Crippen LogP contribution >= 0.6 is 0 Å². The zero-order chi connectivity index (χ0) is 26.0. The summed E-state index contributed by atoms with van der Waals surface area (Å²) in [6, 6.07) is 4.91. The van der Waals surface area contributed by atoms with Gasteiger partial charge in [-0.1, -0.05) is 6.07 Å². The van der Waals surface area contributed by atoms with Crippen molar-refractivity contribution < 1.29 is 22.0 Å². The summed E-state index contributed by atoms with van der Waals surface area (Å²) in [5.41, 5.74) is 3.78. The van der Waals surface area contributed by atoms with E-state index >= 15 is 0 Å². The minimum atomic E-state index is -3.82. The molecule has 1 N–H and O–H groups in total. The van der Waals surface area contributed by atoms with Crippen LogP contribution < -0.4 is 5.76 Å².